The highest BCUT2D eigenvalue weighted by molar-refractivity contribution is 9.11. The molecule has 0 heterocycles. The maximum Gasteiger partial charge on any atom is 0.181 e. The molecule has 1 aromatic carbocycles. The van der Waals surface area contributed by atoms with Gasteiger partial charge in [-0.3, -0.25) is 5.32 Å². The molecule has 1 N–H and O–H groups in total. The van der Waals surface area contributed by atoms with E-state index >= 15 is 0 Å². The molecule has 0 aromatic heterocycles. The van der Waals surface area contributed by atoms with Crippen LogP contribution in [0.3, 0.4) is 0 Å². The third-order valence-corrected chi connectivity index (χ3v) is 2.71. The Morgan fingerprint density at radius 2 is 2.08 bits per heavy atom. The Labute approximate surface area is 93.0 Å². The quantitative estimate of drug-likeness (QED) is 0.674. The van der Waals surface area contributed by atoms with Gasteiger partial charge >= 0.3 is 0 Å². The first kappa shape index (κ1) is 10.4. The number of nitrogens with one attached hydrogen (secondary N) is 1. The van der Waals surface area contributed by atoms with E-state index in [-0.39, 0.29) is 0 Å². The predicted molar refractivity (Wildman–Crippen MR) is 57.6 cm³/mol. The Kier molecular flexibility index (Phi) is 3.58. The van der Waals surface area contributed by atoms with E-state index in [1.54, 1.807) is 13.2 Å². The maximum absolute atomic E-state index is 8.44. The minimum Gasteiger partial charge on any atom is -0.495 e. The molecule has 0 bridgehead atoms. The normalized spacial score (nSPS) is 9.08. The monoisotopic (exact) mass is 304 g/mol. The molecule has 13 heavy (non-hydrogen) atoms. The van der Waals surface area contributed by atoms with Gasteiger partial charge in [-0.05, 0) is 37.9 Å². The van der Waals surface area contributed by atoms with E-state index in [1.165, 1.54) is 0 Å². The van der Waals surface area contributed by atoms with E-state index in [2.05, 4.69) is 37.2 Å². The number of nitriles is 1. The van der Waals surface area contributed by atoms with Gasteiger partial charge in [0.1, 0.15) is 5.75 Å². The second-order valence-electron chi connectivity index (χ2n) is 2.20. The Morgan fingerprint density at radius 1 is 1.38 bits per heavy atom. The molecule has 68 valence electrons. The summed E-state index contributed by atoms with van der Waals surface area (Å²) in [7, 11) is 1.57. The summed E-state index contributed by atoms with van der Waals surface area (Å²) in [5, 5.41) is 11.0. The van der Waals surface area contributed by atoms with Crippen molar-refractivity contribution < 1.29 is 4.74 Å². The second-order valence-corrected chi connectivity index (χ2v) is 3.91. The van der Waals surface area contributed by atoms with Crippen LogP contribution in [0.5, 0.6) is 5.75 Å². The van der Waals surface area contributed by atoms with E-state index in [0.29, 0.717) is 11.4 Å². The minimum atomic E-state index is 0.681. The van der Waals surface area contributed by atoms with E-state index in [0.717, 1.165) is 8.95 Å². The van der Waals surface area contributed by atoms with Crippen molar-refractivity contribution in [2.75, 3.05) is 12.4 Å². The van der Waals surface area contributed by atoms with Gasteiger partial charge in [0.25, 0.3) is 0 Å². The van der Waals surface area contributed by atoms with Gasteiger partial charge in [0.15, 0.2) is 6.19 Å². The molecule has 0 fully saturated rings. The third-order valence-electron chi connectivity index (χ3n) is 1.43. The average Bonchev–Trinajstić information content (AvgIpc) is 2.10. The zero-order valence-corrected chi connectivity index (χ0v) is 9.94. The van der Waals surface area contributed by atoms with Gasteiger partial charge in [0.05, 0.1) is 17.3 Å². The standard InChI is InChI=1S/C8H6Br2N2O/c1-13-8-3-7(12-4-11)5(9)2-6(8)10/h2-3,12H,1H3. The molecule has 0 saturated carbocycles. The molecule has 0 atom stereocenters. The van der Waals surface area contributed by atoms with Crippen molar-refractivity contribution in [3.63, 3.8) is 0 Å². The number of hydrogen-bond donors (Lipinski definition) is 1. The number of halogens is 2. The van der Waals surface area contributed by atoms with Crippen LogP contribution in [0.1, 0.15) is 0 Å². The summed E-state index contributed by atoms with van der Waals surface area (Å²) >= 11 is 6.64. The Balaban J connectivity index is 3.16. The fourth-order valence-corrected chi connectivity index (χ4v) is 2.10. The third kappa shape index (κ3) is 2.36. The van der Waals surface area contributed by atoms with Gasteiger partial charge in [-0.25, -0.2) is 0 Å². The SMILES string of the molecule is COc1cc(NC#N)c(Br)cc1Br. The van der Waals surface area contributed by atoms with Gasteiger partial charge in [0.2, 0.25) is 0 Å². The lowest BCUT2D eigenvalue weighted by atomic mass is 10.3. The summed E-state index contributed by atoms with van der Waals surface area (Å²) in [6.45, 7) is 0. The molecular formula is C8H6Br2N2O. The van der Waals surface area contributed by atoms with Crippen LogP contribution in [-0.2, 0) is 0 Å². The van der Waals surface area contributed by atoms with Gasteiger partial charge in [-0.15, -0.1) is 0 Å². The van der Waals surface area contributed by atoms with Crippen molar-refractivity contribution in [3.05, 3.63) is 21.1 Å². The molecule has 0 aliphatic rings. The summed E-state index contributed by atoms with van der Waals surface area (Å²) < 4.78 is 6.72. The first-order valence-electron chi connectivity index (χ1n) is 3.37. The van der Waals surface area contributed by atoms with Crippen molar-refractivity contribution >= 4 is 37.5 Å². The van der Waals surface area contributed by atoms with Gasteiger partial charge < -0.3 is 4.74 Å². The van der Waals surface area contributed by atoms with Gasteiger partial charge in [-0.1, -0.05) is 0 Å². The highest BCUT2D eigenvalue weighted by Crippen LogP contribution is 2.34. The largest absolute Gasteiger partial charge is 0.495 e. The Hall–Kier alpha value is -0.730. The van der Waals surface area contributed by atoms with Gasteiger partial charge in [0, 0.05) is 10.5 Å². The topological polar surface area (TPSA) is 45.0 Å². The molecular weight excluding hydrogens is 300 g/mol. The van der Waals surface area contributed by atoms with E-state index in [9.17, 15) is 0 Å². The molecule has 0 spiro atoms. The highest BCUT2D eigenvalue weighted by Gasteiger charge is 2.05. The number of benzene rings is 1. The Morgan fingerprint density at radius 3 is 2.62 bits per heavy atom. The van der Waals surface area contributed by atoms with E-state index in [1.807, 2.05) is 12.3 Å². The predicted octanol–water partition coefficient (Wildman–Crippen LogP) is 3.11. The molecule has 0 radical (unpaired) electrons. The molecule has 0 aliphatic heterocycles. The molecule has 0 aliphatic carbocycles. The smallest absolute Gasteiger partial charge is 0.181 e. The van der Waals surface area contributed by atoms with Crippen LogP contribution in [0.2, 0.25) is 0 Å². The maximum atomic E-state index is 8.44. The Bertz CT molecular complexity index is 360. The second kappa shape index (κ2) is 4.49. The minimum absolute atomic E-state index is 0.681. The summed E-state index contributed by atoms with van der Waals surface area (Å²) in [6, 6.07) is 3.55. The molecule has 0 unspecified atom stereocenters. The lowest BCUT2D eigenvalue weighted by Gasteiger charge is -2.07. The zero-order chi connectivity index (χ0) is 9.84. The van der Waals surface area contributed by atoms with Crippen LogP contribution in [0.15, 0.2) is 21.1 Å². The first-order valence-corrected chi connectivity index (χ1v) is 4.95. The number of rotatable bonds is 2. The van der Waals surface area contributed by atoms with Crippen molar-refractivity contribution in [3.8, 4) is 11.9 Å². The lowest BCUT2D eigenvalue weighted by molar-refractivity contribution is 0.412. The molecule has 3 nitrogen and oxygen atoms in total. The number of methoxy groups -OCH3 is 1. The van der Waals surface area contributed by atoms with Crippen LogP contribution in [-0.4, -0.2) is 7.11 Å². The zero-order valence-electron chi connectivity index (χ0n) is 6.77. The molecule has 0 saturated heterocycles. The van der Waals surface area contributed by atoms with Crippen LogP contribution in [0, 0.1) is 11.5 Å². The summed E-state index contributed by atoms with van der Waals surface area (Å²) in [5.41, 5.74) is 0.683. The van der Waals surface area contributed by atoms with Crippen LogP contribution < -0.4 is 10.1 Å². The highest BCUT2D eigenvalue weighted by atomic mass is 79.9. The van der Waals surface area contributed by atoms with Crippen molar-refractivity contribution in [2.24, 2.45) is 0 Å². The molecule has 1 aromatic rings. The molecule has 0 amide bonds. The molecule has 5 heteroatoms. The number of anilines is 1. The first-order chi connectivity index (χ1) is 6.19. The van der Waals surface area contributed by atoms with Crippen LogP contribution >= 0.6 is 31.9 Å². The summed E-state index contributed by atoms with van der Waals surface area (Å²) in [4.78, 5) is 0. The van der Waals surface area contributed by atoms with Crippen molar-refractivity contribution in [1.82, 2.24) is 0 Å². The van der Waals surface area contributed by atoms with Crippen LogP contribution in [0.25, 0.3) is 0 Å². The molecule has 1 rings (SSSR count). The van der Waals surface area contributed by atoms with E-state index in [4.69, 9.17) is 10.00 Å². The van der Waals surface area contributed by atoms with Crippen molar-refractivity contribution in [1.29, 1.82) is 5.26 Å². The fraction of sp³-hybridized carbons (Fsp3) is 0.125. The van der Waals surface area contributed by atoms with Gasteiger partial charge in [-0.2, -0.15) is 5.26 Å². The number of nitrogens with zero attached hydrogens (tertiary/aromatic N) is 1. The summed E-state index contributed by atoms with van der Waals surface area (Å²) in [5.74, 6) is 0.681. The number of hydrogen-bond acceptors (Lipinski definition) is 3. The fourth-order valence-electron chi connectivity index (χ4n) is 0.842. The van der Waals surface area contributed by atoms with E-state index < -0.39 is 0 Å². The van der Waals surface area contributed by atoms with Crippen LogP contribution in [0.4, 0.5) is 5.69 Å². The lowest BCUT2D eigenvalue weighted by Crippen LogP contribution is -1.91. The average molecular weight is 306 g/mol. The number of ether oxygens (including phenoxy) is 1. The summed E-state index contributed by atoms with van der Waals surface area (Å²) in [6.07, 6.45) is 1.84. The van der Waals surface area contributed by atoms with Crippen molar-refractivity contribution in [2.45, 2.75) is 0 Å².